The van der Waals surface area contributed by atoms with Crippen LogP contribution in [0.4, 0.5) is 0 Å². The molecule has 1 atom stereocenters. The molecule has 0 aromatic rings. The van der Waals surface area contributed by atoms with Gasteiger partial charge < -0.3 is 10.1 Å². The van der Waals surface area contributed by atoms with Crippen LogP contribution in [0.5, 0.6) is 0 Å². The van der Waals surface area contributed by atoms with E-state index in [1.807, 2.05) is 20.8 Å². The maximum Gasteiger partial charge on any atom is 0.326 e. The van der Waals surface area contributed by atoms with Gasteiger partial charge >= 0.3 is 5.97 Å². The third-order valence-electron chi connectivity index (χ3n) is 1.65. The van der Waals surface area contributed by atoms with Crippen molar-refractivity contribution in [1.29, 1.82) is 0 Å². The Morgan fingerprint density at radius 1 is 1.54 bits per heavy atom. The molecule has 0 amide bonds. The number of esters is 1. The first-order valence-corrected chi connectivity index (χ1v) is 4.59. The number of nitrogens with one attached hydrogen (secondary N) is 1. The molecule has 75 valence electrons. The van der Waals surface area contributed by atoms with Gasteiger partial charge in [-0.2, -0.15) is 0 Å². The summed E-state index contributed by atoms with van der Waals surface area (Å²) in [5, 5.41) is 7.28. The smallest absolute Gasteiger partial charge is 0.326 e. The summed E-state index contributed by atoms with van der Waals surface area (Å²) in [6.07, 6.45) is 0. The molecule has 0 aromatic heterocycles. The van der Waals surface area contributed by atoms with E-state index in [1.54, 1.807) is 0 Å². The molecule has 0 aromatic carbocycles. The molecule has 1 rings (SSSR count). The number of hydrogen-bond donors (Lipinski definition) is 1. The van der Waals surface area contributed by atoms with Crippen molar-refractivity contribution in [3.63, 3.8) is 0 Å². The highest BCUT2D eigenvalue weighted by Crippen LogP contribution is 2.08. The van der Waals surface area contributed by atoms with Gasteiger partial charge in [-0.15, -0.1) is 0 Å². The van der Waals surface area contributed by atoms with Crippen LogP contribution in [-0.4, -0.2) is 37.2 Å². The minimum absolute atomic E-state index is 0.222. The Balaban J connectivity index is 2.38. The zero-order chi connectivity index (χ0) is 9.90. The van der Waals surface area contributed by atoms with Gasteiger partial charge in [0, 0.05) is 19.6 Å². The highest BCUT2D eigenvalue weighted by molar-refractivity contribution is 5.76. The van der Waals surface area contributed by atoms with Crippen molar-refractivity contribution in [2.24, 2.45) is 0 Å². The van der Waals surface area contributed by atoms with Gasteiger partial charge in [0.2, 0.25) is 0 Å². The topological polar surface area (TPSA) is 52.4 Å². The summed E-state index contributed by atoms with van der Waals surface area (Å²) in [6, 6.07) is -0.312. The number of ether oxygens (including phenoxy) is 1. The van der Waals surface area contributed by atoms with Crippen molar-refractivity contribution in [3.05, 3.63) is 0 Å². The summed E-state index contributed by atoms with van der Waals surface area (Å²) in [4.78, 5) is 11.5. The van der Waals surface area contributed by atoms with Gasteiger partial charge in [-0.1, -0.05) is 0 Å². The van der Waals surface area contributed by atoms with Crippen molar-refractivity contribution in [3.8, 4) is 0 Å². The third kappa shape index (κ3) is 3.74. The predicted molar refractivity (Wildman–Crippen MR) is 49.5 cm³/mol. The molecule has 0 bridgehead atoms. The van der Waals surface area contributed by atoms with Gasteiger partial charge in [0.25, 0.3) is 0 Å². The molecule has 1 aliphatic heterocycles. The average Bonchev–Trinajstić information content (AvgIpc) is 2.03. The molecule has 0 spiro atoms. The fraction of sp³-hybridized carbons (Fsp3) is 0.889. The lowest BCUT2D eigenvalue weighted by atomic mass is 10.2. The molecular formula is C9H17N2O2. The van der Waals surface area contributed by atoms with Crippen LogP contribution in [0.1, 0.15) is 20.8 Å². The number of carbonyl (C=O) groups excluding carboxylic acids is 1. The Kier molecular flexibility index (Phi) is 3.27. The second kappa shape index (κ2) is 4.07. The average molecular weight is 185 g/mol. The third-order valence-corrected chi connectivity index (χ3v) is 1.65. The highest BCUT2D eigenvalue weighted by atomic mass is 16.6. The van der Waals surface area contributed by atoms with Crippen LogP contribution in [0.25, 0.3) is 0 Å². The molecule has 1 N–H and O–H groups in total. The van der Waals surface area contributed by atoms with Crippen LogP contribution >= 0.6 is 0 Å². The van der Waals surface area contributed by atoms with Crippen LogP contribution in [0.2, 0.25) is 0 Å². The molecule has 4 heteroatoms. The van der Waals surface area contributed by atoms with Gasteiger partial charge in [0.1, 0.15) is 11.6 Å². The quantitative estimate of drug-likeness (QED) is 0.581. The Labute approximate surface area is 79.0 Å². The molecular weight excluding hydrogens is 168 g/mol. The van der Waals surface area contributed by atoms with Crippen molar-refractivity contribution in [2.45, 2.75) is 32.4 Å². The Morgan fingerprint density at radius 3 is 2.69 bits per heavy atom. The largest absolute Gasteiger partial charge is 0.459 e. The molecule has 0 aliphatic carbocycles. The fourth-order valence-electron chi connectivity index (χ4n) is 1.13. The number of carbonyl (C=O) groups is 1. The summed E-state index contributed by atoms with van der Waals surface area (Å²) >= 11 is 0. The van der Waals surface area contributed by atoms with E-state index in [1.165, 1.54) is 0 Å². The molecule has 1 saturated heterocycles. The number of nitrogens with zero attached hydrogens (tertiary/aromatic N) is 1. The van der Waals surface area contributed by atoms with E-state index < -0.39 is 5.60 Å². The Morgan fingerprint density at radius 2 is 2.23 bits per heavy atom. The van der Waals surface area contributed by atoms with Gasteiger partial charge in [-0.3, -0.25) is 4.79 Å². The minimum Gasteiger partial charge on any atom is -0.459 e. The highest BCUT2D eigenvalue weighted by Gasteiger charge is 2.26. The summed E-state index contributed by atoms with van der Waals surface area (Å²) in [6.45, 7) is 7.75. The van der Waals surface area contributed by atoms with Gasteiger partial charge in [0.15, 0.2) is 0 Å². The van der Waals surface area contributed by atoms with Crippen LogP contribution in [0.15, 0.2) is 0 Å². The molecule has 1 heterocycles. The normalized spacial score (nSPS) is 24.1. The first kappa shape index (κ1) is 10.5. The van der Waals surface area contributed by atoms with Crippen molar-refractivity contribution >= 4 is 5.97 Å². The second-order valence-corrected chi connectivity index (χ2v) is 4.16. The zero-order valence-corrected chi connectivity index (χ0v) is 8.46. The summed E-state index contributed by atoms with van der Waals surface area (Å²) in [5.74, 6) is -0.222. The van der Waals surface area contributed by atoms with Crippen LogP contribution < -0.4 is 10.6 Å². The summed E-state index contributed by atoms with van der Waals surface area (Å²) in [7, 11) is 0. The fourth-order valence-corrected chi connectivity index (χ4v) is 1.13. The van der Waals surface area contributed by atoms with E-state index in [0.29, 0.717) is 13.1 Å². The van der Waals surface area contributed by atoms with Crippen LogP contribution in [0.3, 0.4) is 0 Å². The zero-order valence-electron chi connectivity index (χ0n) is 8.46. The molecule has 1 radical (unpaired) electrons. The maximum atomic E-state index is 11.5. The molecule has 1 unspecified atom stereocenters. The van der Waals surface area contributed by atoms with Crippen molar-refractivity contribution in [2.75, 3.05) is 19.6 Å². The van der Waals surface area contributed by atoms with Crippen LogP contribution in [0, 0.1) is 0 Å². The van der Waals surface area contributed by atoms with E-state index in [-0.39, 0.29) is 12.0 Å². The lowest BCUT2D eigenvalue weighted by Gasteiger charge is -2.26. The maximum absolute atomic E-state index is 11.5. The lowest BCUT2D eigenvalue weighted by molar-refractivity contribution is -0.157. The first-order chi connectivity index (χ1) is 5.99. The van der Waals surface area contributed by atoms with E-state index in [9.17, 15) is 4.79 Å². The standard InChI is InChI=1S/C9H17N2O2/c1-9(2,3)13-8(12)7-6-10-4-5-11-7/h7,10H,4-6H2,1-3H3. The van der Waals surface area contributed by atoms with Gasteiger partial charge in [-0.25, -0.2) is 5.32 Å². The molecule has 1 fully saturated rings. The Bertz CT molecular complexity index is 181. The predicted octanol–water partition coefficient (Wildman–Crippen LogP) is -0.0957. The van der Waals surface area contributed by atoms with E-state index in [2.05, 4.69) is 10.6 Å². The molecule has 0 saturated carbocycles. The first-order valence-electron chi connectivity index (χ1n) is 4.59. The number of hydrogen-bond acceptors (Lipinski definition) is 3. The Hall–Kier alpha value is -0.610. The van der Waals surface area contributed by atoms with Crippen molar-refractivity contribution in [1.82, 2.24) is 10.6 Å². The number of piperazine rings is 1. The van der Waals surface area contributed by atoms with Gasteiger partial charge in [-0.05, 0) is 20.8 Å². The van der Waals surface area contributed by atoms with E-state index in [4.69, 9.17) is 4.74 Å². The molecule has 13 heavy (non-hydrogen) atoms. The second-order valence-electron chi connectivity index (χ2n) is 4.16. The monoisotopic (exact) mass is 185 g/mol. The van der Waals surface area contributed by atoms with E-state index in [0.717, 1.165) is 6.54 Å². The molecule has 4 nitrogen and oxygen atoms in total. The minimum atomic E-state index is -0.413. The SMILES string of the molecule is CC(C)(C)OC(=O)C1CNCC[N]1. The van der Waals surface area contributed by atoms with Crippen LogP contribution in [-0.2, 0) is 9.53 Å². The summed E-state index contributed by atoms with van der Waals surface area (Å²) in [5.41, 5.74) is -0.413. The van der Waals surface area contributed by atoms with E-state index >= 15 is 0 Å². The van der Waals surface area contributed by atoms with Crippen molar-refractivity contribution < 1.29 is 9.53 Å². The number of rotatable bonds is 1. The molecule has 1 aliphatic rings. The summed E-state index contributed by atoms with van der Waals surface area (Å²) < 4.78 is 5.20. The lowest BCUT2D eigenvalue weighted by Crippen LogP contribution is -2.50. The van der Waals surface area contributed by atoms with Gasteiger partial charge in [0.05, 0.1) is 0 Å².